The molecular formula is C21H23ClF3N5O2. The Morgan fingerprint density at radius 1 is 1.28 bits per heavy atom. The van der Waals surface area contributed by atoms with Gasteiger partial charge in [-0.2, -0.15) is 13.2 Å². The Morgan fingerprint density at radius 2 is 2.00 bits per heavy atom. The molecule has 1 fully saturated rings. The number of amides is 3. The van der Waals surface area contributed by atoms with Gasteiger partial charge in [-0.05, 0) is 43.5 Å². The Morgan fingerprint density at radius 3 is 2.56 bits per heavy atom. The predicted octanol–water partition coefficient (Wildman–Crippen LogP) is 4.75. The molecule has 0 saturated carbocycles. The van der Waals surface area contributed by atoms with E-state index in [1.54, 1.807) is 19.1 Å². The van der Waals surface area contributed by atoms with E-state index in [-0.39, 0.29) is 30.7 Å². The summed E-state index contributed by atoms with van der Waals surface area (Å²) in [6, 6.07) is 4.48. The smallest absolute Gasteiger partial charge is 0.310 e. The standard InChI is InChI=1S/C21H23ClF3N5O2/c1-12(2)8-15-10-29(14-4-6-17(26-9-14)21(23,24)25)20(32)30(15)11-19(31)28-18-7-5-16(22)13(3)27-18/h4-7,9,12,15H,8,10-11H2,1-3H3,(H,27,28,31)/t15-/m0/s1. The minimum atomic E-state index is -4.56. The number of nitrogens with zero attached hydrogens (tertiary/aromatic N) is 4. The van der Waals surface area contributed by atoms with Crippen LogP contribution in [0.4, 0.5) is 29.5 Å². The van der Waals surface area contributed by atoms with Crippen molar-refractivity contribution in [1.82, 2.24) is 14.9 Å². The molecule has 3 rings (SSSR count). The van der Waals surface area contributed by atoms with E-state index >= 15 is 0 Å². The number of carbonyl (C=O) groups excluding carboxylic acids is 2. The lowest BCUT2D eigenvalue weighted by Gasteiger charge is -2.23. The van der Waals surface area contributed by atoms with Crippen molar-refractivity contribution in [1.29, 1.82) is 0 Å². The van der Waals surface area contributed by atoms with Gasteiger partial charge in [0.2, 0.25) is 5.91 Å². The largest absolute Gasteiger partial charge is 0.433 e. The third-order valence-corrected chi connectivity index (χ3v) is 5.41. The van der Waals surface area contributed by atoms with Gasteiger partial charge in [-0.15, -0.1) is 0 Å². The average Bonchev–Trinajstić information content (AvgIpc) is 2.99. The molecule has 0 bridgehead atoms. The van der Waals surface area contributed by atoms with E-state index in [9.17, 15) is 22.8 Å². The highest BCUT2D eigenvalue weighted by atomic mass is 35.5. The van der Waals surface area contributed by atoms with Crippen molar-refractivity contribution in [3.8, 4) is 0 Å². The second kappa shape index (κ2) is 9.32. The van der Waals surface area contributed by atoms with Gasteiger partial charge in [0.1, 0.15) is 18.1 Å². The number of nitrogens with one attached hydrogen (secondary N) is 1. The maximum Gasteiger partial charge on any atom is 0.433 e. The van der Waals surface area contributed by atoms with E-state index in [4.69, 9.17) is 11.6 Å². The summed E-state index contributed by atoms with van der Waals surface area (Å²) in [6.07, 6.45) is -2.91. The Labute approximate surface area is 188 Å². The summed E-state index contributed by atoms with van der Waals surface area (Å²) in [6.45, 7) is 5.72. The molecule has 2 aromatic heterocycles. The number of carbonyl (C=O) groups is 2. The number of anilines is 2. The molecule has 3 amide bonds. The van der Waals surface area contributed by atoms with Crippen LogP contribution in [-0.2, 0) is 11.0 Å². The lowest BCUT2D eigenvalue weighted by Crippen LogP contribution is -2.41. The monoisotopic (exact) mass is 469 g/mol. The highest BCUT2D eigenvalue weighted by molar-refractivity contribution is 6.31. The van der Waals surface area contributed by atoms with Crippen molar-refractivity contribution in [2.45, 2.75) is 39.4 Å². The number of hydrogen-bond donors (Lipinski definition) is 1. The number of rotatable bonds is 6. The van der Waals surface area contributed by atoms with Crippen molar-refractivity contribution in [2.75, 3.05) is 23.3 Å². The van der Waals surface area contributed by atoms with Gasteiger partial charge in [0.25, 0.3) is 0 Å². The van der Waals surface area contributed by atoms with Crippen LogP contribution >= 0.6 is 11.6 Å². The lowest BCUT2D eigenvalue weighted by molar-refractivity contribution is -0.141. The van der Waals surface area contributed by atoms with Crippen molar-refractivity contribution in [3.63, 3.8) is 0 Å². The van der Waals surface area contributed by atoms with Crippen LogP contribution in [-0.4, -0.2) is 45.9 Å². The molecule has 11 heteroatoms. The van der Waals surface area contributed by atoms with E-state index in [0.29, 0.717) is 23.0 Å². The quantitative estimate of drug-likeness (QED) is 0.662. The van der Waals surface area contributed by atoms with Crippen molar-refractivity contribution in [2.24, 2.45) is 5.92 Å². The van der Waals surface area contributed by atoms with E-state index in [1.165, 1.54) is 15.9 Å². The van der Waals surface area contributed by atoms with Gasteiger partial charge in [-0.1, -0.05) is 25.4 Å². The maximum absolute atomic E-state index is 13.1. The molecule has 0 unspecified atom stereocenters. The molecule has 0 aromatic carbocycles. The third-order valence-electron chi connectivity index (χ3n) is 5.01. The first kappa shape index (κ1) is 23.8. The minimum Gasteiger partial charge on any atom is -0.310 e. The van der Waals surface area contributed by atoms with Gasteiger partial charge in [0.15, 0.2) is 0 Å². The predicted molar refractivity (Wildman–Crippen MR) is 115 cm³/mol. The molecule has 1 aliphatic rings. The van der Waals surface area contributed by atoms with Gasteiger partial charge in [-0.25, -0.2) is 14.8 Å². The Kier molecular flexibility index (Phi) is 6.92. The Bertz CT molecular complexity index is 998. The Hall–Kier alpha value is -2.88. The highest BCUT2D eigenvalue weighted by Gasteiger charge is 2.40. The van der Waals surface area contributed by atoms with Gasteiger partial charge < -0.3 is 10.2 Å². The molecule has 7 nitrogen and oxygen atoms in total. The molecule has 3 heterocycles. The number of aryl methyl sites for hydroxylation is 1. The number of halogens is 4. The molecule has 1 atom stereocenters. The highest BCUT2D eigenvalue weighted by Crippen LogP contribution is 2.31. The van der Waals surface area contributed by atoms with Crippen molar-refractivity contribution < 1.29 is 22.8 Å². The molecule has 172 valence electrons. The molecule has 0 radical (unpaired) electrons. The van der Waals surface area contributed by atoms with E-state index in [2.05, 4.69) is 15.3 Å². The summed E-state index contributed by atoms with van der Waals surface area (Å²) in [5.74, 6) is 0.117. The zero-order valence-corrected chi connectivity index (χ0v) is 18.5. The first-order valence-electron chi connectivity index (χ1n) is 10.00. The second-order valence-electron chi connectivity index (χ2n) is 8.02. The molecule has 1 N–H and O–H groups in total. The van der Waals surface area contributed by atoms with Gasteiger partial charge in [0.05, 0.1) is 28.6 Å². The first-order chi connectivity index (χ1) is 15.0. The number of hydrogen-bond acceptors (Lipinski definition) is 4. The van der Waals surface area contributed by atoms with Crippen LogP contribution in [0.3, 0.4) is 0 Å². The molecule has 32 heavy (non-hydrogen) atoms. The third kappa shape index (κ3) is 5.48. The number of pyridine rings is 2. The summed E-state index contributed by atoms with van der Waals surface area (Å²) >= 11 is 5.95. The van der Waals surface area contributed by atoms with E-state index in [1.807, 2.05) is 13.8 Å². The van der Waals surface area contributed by atoms with Gasteiger partial charge in [0, 0.05) is 6.54 Å². The fraction of sp³-hybridized carbons (Fsp3) is 0.429. The number of urea groups is 1. The van der Waals surface area contributed by atoms with Crippen LogP contribution in [0.1, 0.15) is 31.7 Å². The topological polar surface area (TPSA) is 78.4 Å². The van der Waals surface area contributed by atoms with Gasteiger partial charge in [-0.3, -0.25) is 9.69 Å². The maximum atomic E-state index is 13.1. The molecule has 1 aliphatic heterocycles. The van der Waals surface area contributed by atoms with Crippen LogP contribution in [0.5, 0.6) is 0 Å². The number of aromatic nitrogens is 2. The van der Waals surface area contributed by atoms with Crippen molar-refractivity contribution >= 4 is 35.0 Å². The average molecular weight is 470 g/mol. The summed E-state index contributed by atoms with van der Waals surface area (Å²) in [5.41, 5.74) is -0.233. The molecule has 0 aliphatic carbocycles. The Balaban J connectivity index is 1.76. The van der Waals surface area contributed by atoms with E-state index in [0.717, 1.165) is 12.3 Å². The summed E-state index contributed by atoms with van der Waals surface area (Å²) in [4.78, 5) is 36.1. The summed E-state index contributed by atoms with van der Waals surface area (Å²) < 4.78 is 38.4. The van der Waals surface area contributed by atoms with Crippen molar-refractivity contribution in [3.05, 3.63) is 46.9 Å². The fourth-order valence-electron chi connectivity index (χ4n) is 3.52. The van der Waals surface area contributed by atoms with E-state index < -0.39 is 23.8 Å². The van der Waals surface area contributed by atoms with Crippen LogP contribution in [0.25, 0.3) is 0 Å². The molecule has 2 aromatic rings. The van der Waals surface area contributed by atoms with Crippen LogP contribution in [0.2, 0.25) is 5.02 Å². The minimum absolute atomic E-state index is 0.218. The summed E-state index contributed by atoms with van der Waals surface area (Å²) in [7, 11) is 0. The van der Waals surface area contributed by atoms with Crippen LogP contribution in [0, 0.1) is 12.8 Å². The molecule has 1 saturated heterocycles. The summed E-state index contributed by atoms with van der Waals surface area (Å²) in [5, 5.41) is 3.12. The number of alkyl halides is 3. The SMILES string of the molecule is Cc1nc(NC(=O)CN2C(=O)N(c3ccc(C(F)(F)F)nc3)C[C@@H]2CC(C)C)ccc1Cl. The van der Waals surface area contributed by atoms with Crippen LogP contribution < -0.4 is 10.2 Å². The van der Waals surface area contributed by atoms with Gasteiger partial charge >= 0.3 is 12.2 Å². The molecule has 0 spiro atoms. The van der Waals surface area contributed by atoms with Crippen LogP contribution in [0.15, 0.2) is 30.5 Å². The second-order valence-corrected chi connectivity index (χ2v) is 8.42. The zero-order chi connectivity index (χ0) is 23.6. The fourth-order valence-corrected chi connectivity index (χ4v) is 3.63. The first-order valence-corrected chi connectivity index (χ1v) is 10.4. The lowest BCUT2D eigenvalue weighted by atomic mass is 10.0. The zero-order valence-electron chi connectivity index (χ0n) is 17.8. The molecular weight excluding hydrogens is 447 g/mol. The normalized spacial score (nSPS) is 16.8.